The molecule has 1 aromatic heterocycles. The van der Waals surface area contributed by atoms with Crippen LogP contribution in [-0.2, 0) is 16.1 Å². The van der Waals surface area contributed by atoms with Crippen LogP contribution in [-0.4, -0.2) is 46.2 Å². The van der Waals surface area contributed by atoms with Gasteiger partial charge in [-0.15, -0.1) is 0 Å². The molecule has 1 saturated heterocycles. The first-order chi connectivity index (χ1) is 9.31. The van der Waals surface area contributed by atoms with Crippen LogP contribution in [0.4, 0.5) is 0 Å². The summed E-state index contributed by atoms with van der Waals surface area (Å²) in [5.41, 5.74) is 0. The molecule has 1 fully saturated rings. The molecule has 1 aromatic rings. The van der Waals surface area contributed by atoms with Crippen LogP contribution < -0.4 is 0 Å². The van der Waals surface area contributed by atoms with Crippen LogP contribution >= 0.6 is 0 Å². The van der Waals surface area contributed by atoms with Gasteiger partial charge in [-0.25, -0.2) is 4.98 Å². The van der Waals surface area contributed by atoms with E-state index < -0.39 is 0 Å². The molecule has 2 heterocycles. The van der Waals surface area contributed by atoms with E-state index in [2.05, 4.69) is 14.5 Å². The van der Waals surface area contributed by atoms with Crippen molar-refractivity contribution >= 4 is 5.97 Å². The van der Waals surface area contributed by atoms with Crippen LogP contribution in [0.2, 0.25) is 0 Å². The molecule has 1 aliphatic heterocycles. The van der Waals surface area contributed by atoms with Gasteiger partial charge < -0.3 is 9.30 Å². The molecule has 1 unspecified atom stereocenters. The molecule has 19 heavy (non-hydrogen) atoms. The number of imidazole rings is 1. The molecule has 0 bridgehead atoms. The molecule has 1 aliphatic rings. The minimum Gasteiger partial charge on any atom is -0.465 e. The minimum atomic E-state index is -0.0511. The average molecular weight is 265 g/mol. The number of ether oxygens (including phenoxy) is 1. The quantitative estimate of drug-likeness (QED) is 0.734. The smallest absolute Gasteiger partial charge is 0.323 e. The molecule has 5 heteroatoms. The number of nitrogens with zero attached hydrogens (tertiary/aromatic N) is 3. The van der Waals surface area contributed by atoms with E-state index in [1.165, 1.54) is 6.42 Å². The van der Waals surface area contributed by atoms with Gasteiger partial charge in [-0.2, -0.15) is 0 Å². The summed E-state index contributed by atoms with van der Waals surface area (Å²) in [7, 11) is 0. The van der Waals surface area contributed by atoms with Gasteiger partial charge in [0.05, 0.1) is 12.9 Å². The zero-order chi connectivity index (χ0) is 13.5. The van der Waals surface area contributed by atoms with Crippen LogP contribution in [0.15, 0.2) is 18.7 Å². The molecular weight excluding hydrogens is 242 g/mol. The van der Waals surface area contributed by atoms with Gasteiger partial charge in [0.15, 0.2) is 0 Å². The largest absolute Gasteiger partial charge is 0.465 e. The summed E-state index contributed by atoms with van der Waals surface area (Å²) < 4.78 is 7.24. The topological polar surface area (TPSA) is 47.4 Å². The molecule has 106 valence electrons. The average Bonchev–Trinajstić information content (AvgIpc) is 2.93. The van der Waals surface area contributed by atoms with Gasteiger partial charge in [0.1, 0.15) is 6.04 Å². The fraction of sp³-hybridized carbons (Fsp3) is 0.714. The molecule has 2 rings (SSSR count). The Balaban J connectivity index is 1.80. The highest BCUT2D eigenvalue weighted by Gasteiger charge is 2.29. The number of esters is 1. The fourth-order valence-corrected chi connectivity index (χ4v) is 2.64. The Kier molecular flexibility index (Phi) is 5.39. The molecule has 0 spiro atoms. The second-order valence-electron chi connectivity index (χ2n) is 4.95. The second-order valence-corrected chi connectivity index (χ2v) is 4.95. The van der Waals surface area contributed by atoms with E-state index in [-0.39, 0.29) is 12.0 Å². The molecule has 0 radical (unpaired) electrons. The Hall–Kier alpha value is -1.36. The van der Waals surface area contributed by atoms with Crippen molar-refractivity contribution in [2.75, 3.05) is 19.7 Å². The Bertz CT molecular complexity index is 378. The highest BCUT2D eigenvalue weighted by molar-refractivity contribution is 5.75. The van der Waals surface area contributed by atoms with Crippen LogP contribution in [0, 0.1) is 0 Å². The highest BCUT2D eigenvalue weighted by atomic mass is 16.5. The Morgan fingerprint density at radius 2 is 2.32 bits per heavy atom. The number of aryl methyl sites for hydroxylation is 1. The lowest BCUT2D eigenvalue weighted by Gasteiger charge is -2.33. The molecule has 1 atom stereocenters. The summed E-state index contributed by atoms with van der Waals surface area (Å²) >= 11 is 0. The van der Waals surface area contributed by atoms with E-state index in [1.54, 1.807) is 6.20 Å². The van der Waals surface area contributed by atoms with Crippen molar-refractivity contribution < 1.29 is 9.53 Å². The van der Waals surface area contributed by atoms with Gasteiger partial charge in [0.2, 0.25) is 0 Å². The van der Waals surface area contributed by atoms with Gasteiger partial charge in [-0.3, -0.25) is 9.69 Å². The number of carbonyl (C=O) groups is 1. The van der Waals surface area contributed by atoms with Gasteiger partial charge in [0.25, 0.3) is 0 Å². The molecule has 0 saturated carbocycles. The van der Waals surface area contributed by atoms with Crippen LogP contribution in [0.25, 0.3) is 0 Å². The zero-order valence-electron chi connectivity index (χ0n) is 11.6. The lowest BCUT2D eigenvalue weighted by Crippen LogP contribution is -2.46. The van der Waals surface area contributed by atoms with E-state index >= 15 is 0 Å². The summed E-state index contributed by atoms with van der Waals surface area (Å²) in [5, 5.41) is 0. The van der Waals surface area contributed by atoms with Crippen molar-refractivity contribution in [1.29, 1.82) is 0 Å². The predicted octanol–water partition coefficient (Wildman–Crippen LogP) is 1.69. The summed E-state index contributed by atoms with van der Waals surface area (Å²) in [6, 6.07) is -0.0310. The molecule has 0 aliphatic carbocycles. The van der Waals surface area contributed by atoms with Crippen molar-refractivity contribution in [3.8, 4) is 0 Å². The molecular formula is C14H23N3O2. The monoisotopic (exact) mass is 265 g/mol. The standard InChI is InChI=1S/C14H23N3O2/c1-2-19-14(18)13-6-3-4-9-17(13)10-5-8-16-11-7-15-12-16/h7,11-13H,2-6,8-10H2,1H3. The van der Waals surface area contributed by atoms with E-state index in [1.807, 2.05) is 19.4 Å². The third-order valence-corrected chi connectivity index (χ3v) is 3.59. The van der Waals surface area contributed by atoms with Gasteiger partial charge in [0, 0.05) is 25.5 Å². The van der Waals surface area contributed by atoms with Crippen LogP contribution in [0.5, 0.6) is 0 Å². The first-order valence-electron chi connectivity index (χ1n) is 7.17. The predicted molar refractivity (Wildman–Crippen MR) is 72.7 cm³/mol. The molecule has 5 nitrogen and oxygen atoms in total. The summed E-state index contributed by atoms with van der Waals surface area (Å²) in [4.78, 5) is 18.2. The zero-order valence-corrected chi connectivity index (χ0v) is 11.6. The van der Waals surface area contributed by atoms with Crippen LogP contribution in [0.1, 0.15) is 32.6 Å². The number of carbonyl (C=O) groups excluding carboxylic acids is 1. The van der Waals surface area contributed by atoms with Crippen molar-refractivity contribution in [1.82, 2.24) is 14.5 Å². The third-order valence-electron chi connectivity index (χ3n) is 3.59. The summed E-state index contributed by atoms with van der Waals surface area (Å²) in [6.45, 7) is 5.24. The van der Waals surface area contributed by atoms with Gasteiger partial charge in [-0.1, -0.05) is 6.42 Å². The van der Waals surface area contributed by atoms with Crippen molar-refractivity contribution in [3.05, 3.63) is 18.7 Å². The summed E-state index contributed by atoms with van der Waals surface area (Å²) in [6.07, 6.45) is 9.87. The SMILES string of the molecule is CCOC(=O)C1CCCCN1CCCn1ccnc1. The number of rotatable bonds is 6. The highest BCUT2D eigenvalue weighted by Crippen LogP contribution is 2.18. The molecule has 0 N–H and O–H groups in total. The van der Waals surface area contributed by atoms with E-state index in [4.69, 9.17) is 4.74 Å². The third kappa shape index (κ3) is 4.06. The van der Waals surface area contributed by atoms with E-state index in [0.29, 0.717) is 6.61 Å². The Morgan fingerprint density at radius 1 is 1.42 bits per heavy atom. The number of aromatic nitrogens is 2. The van der Waals surface area contributed by atoms with Crippen molar-refractivity contribution in [2.24, 2.45) is 0 Å². The van der Waals surface area contributed by atoms with Gasteiger partial charge >= 0.3 is 5.97 Å². The normalized spacial score (nSPS) is 20.4. The van der Waals surface area contributed by atoms with Gasteiger partial charge in [-0.05, 0) is 32.7 Å². The van der Waals surface area contributed by atoms with Crippen molar-refractivity contribution in [2.45, 2.75) is 45.2 Å². The number of likely N-dealkylation sites (tertiary alicyclic amines) is 1. The molecule has 0 aromatic carbocycles. The first-order valence-corrected chi connectivity index (χ1v) is 7.17. The second kappa shape index (κ2) is 7.28. The lowest BCUT2D eigenvalue weighted by molar-refractivity contribution is -0.150. The summed E-state index contributed by atoms with van der Waals surface area (Å²) in [5.74, 6) is -0.0511. The van der Waals surface area contributed by atoms with E-state index in [0.717, 1.165) is 38.9 Å². The number of hydrogen-bond acceptors (Lipinski definition) is 4. The lowest BCUT2D eigenvalue weighted by atomic mass is 10.0. The van der Waals surface area contributed by atoms with Crippen molar-refractivity contribution in [3.63, 3.8) is 0 Å². The van der Waals surface area contributed by atoms with Crippen LogP contribution in [0.3, 0.4) is 0 Å². The first kappa shape index (κ1) is 14.1. The number of hydrogen-bond donors (Lipinski definition) is 0. The number of piperidine rings is 1. The Morgan fingerprint density at radius 3 is 3.05 bits per heavy atom. The maximum Gasteiger partial charge on any atom is 0.323 e. The van der Waals surface area contributed by atoms with E-state index in [9.17, 15) is 4.79 Å². The molecule has 0 amide bonds. The maximum atomic E-state index is 11.9. The fourth-order valence-electron chi connectivity index (χ4n) is 2.64. The minimum absolute atomic E-state index is 0.0310. The maximum absolute atomic E-state index is 11.9. The Labute approximate surface area is 114 Å².